The Labute approximate surface area is 55.8 Å². The van der Waals surface area contributed by atoms with Crippen LogP contribution in [0.1, 0.15) is 26.7 Å². The molecular formula is C7H14O2. The standard InChI is InChI=1S/C7H14O2/c1-3-6-4-7(8)5(2)9-6/h5-8H,3-4H2,1-2H3/t5-,6+,7+/m0/s1. The maximum Gasteiger partial charge on any atom is 0.0823 e. The summed E-state index contributed by atoms with van der Waals surface area (Å²) in [7, 11) is 0. The first kappa shape index (κ1) is 7.03. The van der Waals surface area contributed by atoms with E-state index in [2.05, 4.69) is 6.92 Å². The molecule has 2 nitrogen and oxygen atoms in total. The van der Waals surface area contributed by atoms with Gasteiger partial charge in [0.05, 0.1) is 18.3 Å². The molecule has 1 rings (SSSR count). The van der Waals surface area contributed by atoms with Crippen LogP contribution in [0.2, 0.25) is 0 Å². The first-order valence-electron chi connectivity index (χ1n) is 3.57. The Hall–Kier alpha value is -0.0800. The highest BCUT2D eigenvalue weighted by atomic mass is 16.5. The molecule has 0 aromatic carbocycles. The van der Waals surface area contributed by atoms with E-state index in [0.29, 0.717) is 6.10 Å². The van der Waals surface area contributed by atoms with Crippen LogP contribution in [0.4, 0.5) is 0 Å². The summed E-state index contributed by atoms with van der Waals surface area (Å²) < 4.78 is 5.37. The molecule has 3 atom stereocenters. The predicted molar refractivity (Wildman–Crippen MR) is 35.2 cm³/mol. The Bertz CT molecular complexity index is 82.9. The van der Waals surface area contributed by atoms with Gasteiger partial charge in [0.25, 0.3) is 0 Å². The molecule has 0 saturated carbocycles. The molecule has 0 amide bonds. The first-order chi connectivity index (χ1) is 4.24. The fourth-order valence-corrected chi connectivity index (χ4v) is 1.17. The monoisotopic (exact) mass is 130 g/mol. The Morgan fingerprint density at radius 3 is 2.56 bits per heavy atom. The molecule has 1 heterocycles. The van der Waals surface area contributed by atoms with E-state index in [1.165, 1.54) is 0 Å². The smallest absolute Gasteiger partial charge is 0.0823 e. The lowest BCUT2D eigenvalue weighted by Crippen LogP contribution is -2.15. The van der Waals surface area contributed by atoms with Crippen molar-refractivity contribution in [1.82, 2.24) is 0 Å². The normalized spacial score (nSPS) is 43.7. The summed E-state index contributed by atoms with van der Waals surface area (Å²) in [6, 6.07) is 0. The van der Waals surface area contributed by atoms with Crippen LogP contribution in [0.15, 0.2) is 0 Å². The molecule has 9 heavy (non-hydrogen) atoms. The molecule has 0 aliphatic carbocycles. The minimum absolute atomic E-state index is 0.0509. The molecule has 0 bridgehead atoms. The van der Waals surface area contributed by atoms with Crippen LogP contribution in [-0.4, -0.2) is 23.4 Å². The van der Waals surface area contributed by atoms with E-state index in [1.54, 1.807) is 0 Å². The van der Waals surface area contributed by atoms with Gasteiger partial charge in [0, 0.05) is 6.42 Å². The van der Waals surface area contributed by atoms with Gasteiger partial charge in [-0.1, -0.05) is 6.92 Å². The fourth-order valence-electron chi connectivity index (χ4n) is 1.17. The van der Waals surface area contributed by atoms with Crippen LogP contribution >= 0.6 is 0 Å². The summed E-state index contributed by atoms with van der Waals surface area (Å²) in [6.07, 6.45) is 1.96. The average molecular weight is 130 g/mol. The van der Waals surface area contributed by atoms with Crippen LogP contribution in [0.3, 0.4) is 0 Å². The predicted octanol–water partition coefficient (Wildman–Crippen LogP) is 0.935. The number of hydrogen-bond donors (Lipinski definition) is 1. The van der Waals surface area contributed by atoms with E-state index in [1.807, 2.05) is 6.92 Å². The summed E-state index contributed by atoms with van der Waals surface area (Å²) in [4.78, 5) is 0. The van der Waals surface area contributed by atoms with Crippen molar-refractivity contribution in [3.8, 4) is 0 Å². The van der Waals surface area contributed by atoms with Crippen molar-refractivity contribution in [3.05, 3.63) is 0 Å². The molecule has 1 aliphatic heterocycles. The molecule has 0 spiro atoms. The van der Waals surface area contributed by atoms with Gasteiger partial charge in [0.2, 0.25) is 0 Å². The van der Waals surface area contributed by atoms with Crippen molar-refractivity contribution < 1.29 is 9.84 Å². The Kier molecular flexibility index (Phi) is 2.09. The second-order valence-corrected chi connectivity index (χ2v) is 2.67. The summed E-state index contributed by atoms with van der Waals surface area (Å²) >= 11 is 0. The SMILES string of the molecule is CC[C@@H]1C[C@@H](O)[C@H](C)O1. The summed E-state index contributed by atoms with van der Waals surface area (Å²) in [5.41, 5.74) is 0. The zero-order valence-electron chi connectivity index (χ0n) is 6.00. The molecule has 1 aliphatic rings. The van der Waals surface area contributed by atoms with Gasteiger partial charge in [0.1, 0.15) is 0 Å². The van der Waals surface area contributed by atoms with Crippen molar-refractivity contribution in [3.63, 3.8) is 0 Å². The van der Waals surface area contributed by atoms with E-state index < -0.39 is 0 Å². The highest BCUT2D eigenvalue weighted by molar-refractivity contribution is 4.77. The fraction of sp³-hybridized carbons (Fsp3) is 1.00. The lowest BCUT2D eigenvalue weighted by molar-refractivity contribution is 0.0212. The van der Waals surface area contributed by atoms with Crippen molar-refractivity contribution in [2.45, 2.75) is 45.0 Å². The third-order valence-electron chi connectivity index (χ3n) is 1.91. The lowest BCUT2D eigenvalue weighted by Gasteiger charge is -2.06. The molecule has 2 heteroatoms. The largest absolute Gasteiger partial charge is 0.390 e. The second-order valence-electron chi connectivity index (χ2n) is 2.67. The Morgan fingerprint density at radius 1 is 1.67 bits per heavy atom. The molecule has 1 saturated heterocycles. The molecule has 0 unspecified atom stereocenters. The van der Waals surface area contributed by atoms with Crippen LogP contribution in [-0.2, 0) is 4.74 Å². The number of aliphatic hydroxyl groups excluding tert-OH is 1. The van der Waals surface area contributed by atoms with Gasteiger partial charge in [-0.2, -0.15) is 0 Å². The van der Waals surface area contributed by atoms with Crippen molar-refractivity contribution >= 4 is 0 Å². The van der Waals surface area contributed by atoms with Crippen molar-refractivity contribution in [2.75, 3.05) is 0 Å². The van der Waals surface area contributed by atoms with E-state index >= 15 is 0 Å². The minimum atomic E-state index is -0.227. The van der Waals surface area contributed by atoms with E-state index in [4.69, 9.17) is 4.74 Å². The summed E-state index contributed by atoms with van der Waals surface area (Å²) in [5, 5.41) is 9.17. The zero-order chi connectivity index (χ0) is 6.85. The maximum atomic E-state index is 9.17. The van der Waals surface area contributed by atoms with Gasteiger partial charge in [-0.3, -0.25) is 0 Å². The van der Waals surface area contributed by atoms with Gasteiger partial charge >= 0.3 is 0 Å². The van der Waals surface area contributed by atoms with E-state index in [-0.39, 0.29) is 12.2 Å². The molecule has 0 radical (unpaired) electrons. The Balaban J connectivity index is 2.35. The van der Waals surface area contributed by atoms with Gasteiger partial charge < -0.3 is 9.84 Å². The van der Waals surface area contributed by atoms with Crippen molar-refractivity contribution in [2.24, 2.45) is 0 Å². The molecular weight excluding hydrogens is 116 g/mol. The van der Waals surface area contributed by atoms with Crippen LogP contribution < -0.4 is 0 Å². The number of rotatable bonds is 1. The van der Waals surface area contributed by atoms with Crippen LogP contribution in [0, 0.1) is 0 Å². The number of ether oxygens (including phenoxy) is 1. The molecule has 1 N–H and O–H groups in total. The second kappa shape index (κ2) is 2.67. The molecule has 0 aromatic heterocycles. The molecule has 1 fully saturated rings. The number of aliphatic hydroxyl groups is 1. The van der Waals surface area contributed by atoms with E-state index in [0.717, 1.165) is 12.8 Å². The van der Waals surface area contributed by atoms with Gasteiger partial charge in [-0.25, -0.2) is 0 Å². The summed E-state index contributed by atoms with van der Waals surface area (Å²) in [6.45, 7) is 4.00. The van der Waals surface area contributed by atoms with Gasteiger partial charge in [0.15, 0.2) is 0 Å². The quantitative estimate of drug-likeness (QED) is 0.572. The Morgan fingerprint density at radius 2 is 2.33 bits per heavy atom. The summed E-state index contributed by atoms with van der Waals surface area (Å²) in [5.74, 6) is 0. The van der Waals surface area contributed by atoms with Gasteiger partial charge in [-0.05, 0) is 13.3 Å². The highest BCUT2D eigenvalue weighted by Gasteiger charge is 2.28. The third kappa shape index (κ3) is 1.43. The van der Waals surface area contributed by atoms with Crippen molar-refractivity contribution in [1.29, 1.82) is 0 Å². The van der Waals surface area contributed by atoms with E-state index in [9.17, 15) is 5.11 Å². The number of hydrogen-bond acceptors (Lipinski definition) is 2. The molecule has 0 aromatic rings. The highest BCUT2D eigenvalue weighted by Crippen LogP contribution is 2.21. The third-order valence-corrected chi connectivity index (χ3v) is 1.91. The topological polar surface area (TPSA) is 29.5 Å². The molecule has 54 valence electrons. The van der Waals surface area contributed by atoms with Crippen LogP contribution in [0.5, 0.6) is 0 Å². The lowest BCUT2D eigenvalue weighted by atomic mass is 10.1. The van der Waals surface area contributed by atoms with Crippen LogP contribution in [0.25, 0.3) is 0 Å². The zero-order valence-corrected chi connectivity index (χ0v) is 6.00. The minimum Gasteiger partial charge on any atom is -0.390 e. The maximum absolute atomic E-state index is 9.17. The van der Waals surface area contributed by atoms with Gasteiger partial charge in [-0.15, -0.1) is 0 Å². The first-order valence-corrected chi connectivity index (χ1v) is 3.57. The average Bonchev–Trinajstić information content (AvgIpc) is 2.13.